The van der Waals surface area contributed by atoms with E-state index in [1.807, 2.05) is 19.2 Å². The van der Waals surface area contributed by atoms with Crippen LogP contribution in [0.25, 0.3) is 0 Å². The minimum atomic E-state index is -0.396. The summed E-state index contributed by atoms with van der Waals surface area (Å²) in [6.45, 7) is 4.00. The third-order valence-corrected chi connectivity index (χ3v) is 3.81. The summed E-state index contributed by atoms with van der Waals surface area (Å²) in [5, 5.41) is 15.2. The molecule has 2 aromatic carbocycles. The minimum Gasteiger partial charge on any atom is -0.400 e. The highest BCUT2D eigenvalue weighted by molar-refractivity contribution is 5.74. The van der Waals surface area contributed by atoms with E-state index in [2.05, 4.69) is 11.8 Å². The maximum absolute atomic E-state index is 12.5. The van der Waals surface area contributed by atoms with Crippen molar-refractivity contribution in [1.29, 1.82) is 0 Å². The molecule has 0 aliphatic rings. The van der Waals surface area contributed by atoms with E-state index in [0.717, 1.165) is 31.3 Å². The zero-order valence-electron chi connectivity index (χ0n) is 16.7. The highest BCUT2D eigenvalue weighted by atomic mass is 19.1. The lowest BCUT2D eigenvalue weighted by atomic mass is 10.1. The number of nitrogens with zero attached hydrogens (tertiary/aromatic N) is 1. The minimum absolute atomic E-state index is 0.169. The van der Waals surface area contributed by atoms with Gasteiger partial charge in [-0.05, 0) is 61.8 Å². The number of aliphatic hydroxyl groups excluding tert-OH is 1. The molecule has 0 saturated carbocycles. The van der Waals surface area contributed by atoms with Crippen LogP contribution in [0.15, 0.2) is 48.5 Å². The van der Waals surface area contributed by atoms with E-state index in [4.69, 9.17) is 10.3 Å². The third-order valence-electron chi connectivity index (χ3n) is 3.81. The van der Waals surface area contributed by atoms with Crippen molar-refractivity contribution >= 4 is 5.91 Å². The molecule has 28 heavy (non-hydrogen) atoms. The molecule has 2 rings (SSSR count). The number of aliphatic hydroxyl groups is 1. The van der Waals surface area contributed by atoms with E-state index in [9.17, 15) is 13.6 Å². The molecule has 0 aromatic heterocycles. The number of benzene rings is 2. The van der Waals surface area contributed by atoms with Gasteiger partial charge in [0.15, 0.2) is 0 Å². The van der Waals surface area contributed by atoms with Gasteiger partial charge in [-0.2, -0.15) is 0 Å². The number of rotatable bonds is 7. The highest BCUT2D eigenvalue weighted by Crippen LogP contribution is 2.07. The van der Waals surface area contributed by atoms with Gasteiger partial charge in [-0.25, -0.2) is 14.3 Å². The number of carbonyl (C=O) groups is 1. The maximum Gasteiger partial charge on any atom is 0.243 e. The summed E-state index contributed by atoms with van der Waals surface area (Å²) in [4.78, 5) is 12.8. The lowest BCUT2D eigenvalue weighted by Gasteiger charge is -2.13. The van der Waals surface area contributed by atoms with Gasteiger partial charge in [0, 0.05) is 20.1 Å². The first-order valence-electron chi connectivity index (χ1n) is 8.99. The Morgan fingerprint density at radius 3 is 1.86 bits per heavy atom. The van der Waals surface area contributed by atoms with E-state index < -0.39 is 5.91 Å². The molecule has 0 atom stereocenters. The molecule has 5 nitrogen and oxygen atoms in total. The van der Waals surface area contributed by atoms with Gasteiger partial charge in [-0.1, -0.05) is 31.2 Å². The molecule has 156 valence electrons. The molecule has 0 saturated heterocycles. The predicted octanol–water partition coefficient (Wildman–Crippen LogP) is 3.54. The second-order valence-corrected chi connectivity index (χ2v) is 5.97. The van der Waals surface area contributed by atoms with Crippen molar-refractivity contribution in [2.24, 2.45) is 0 Å². The van der Waals surface area contributed by atoms with Gasteiger partial charge in [0.1, 0.15) is 11.6 Å². The third kappa shape index (κ3) is 12.1. The second kappa shape index (κ2) is 15.7. The molecule has 2 aromatic rings. The zero-order valence-corrected chi connectivity index (χ0v) is 16.7. The maximum atomic E-state index is 12.5. The van der Waals surface area contributed by atoms with Crippen molar-refractivity contribution in [2.75, 3.05) is 20.7 Å². The summed E-state index contributed by atoms with van der Waals surface area (Å²) in [6, 6.07) is 12.8. The largest absolute Gasteiger partial charge is 0.400 e. The Morgan fingerprint density at radius 2 is 1.43 bits per heavy atom. The topological polar surface area (TPSA) is 72.8 Å². The van der Waals surface area contributed by atoms with Crippen molar-refractivity contribution in [3.63, 3.8) is 0 Å². The number of hydrogen-bond donors (Lipinski definition) is 3. The molecule has 0 heterocycles. The van der Waals surface area contributed by atoms with Crippen LogP contribution in [0.1, 0.15) is 30.9 Å². The van der Waals surface area contributed by atoms with Gasteiger partial charge in [0.05, 0.1) is 0 Å². The molecule has 1 amide bonds. The average molecular weight is 396 g/mol. The zero-order chi connectivity index (χ0) is 21.4. The van der Waals surface area contributed by atoms with Crippen LogP contribution in [0.3, 0.4) is 0 Å². The van der Waals surface area contributed by atoms with Gasteiger partial charge in [-0.15, -0.1) is 0 Å². The Bertz CT molecular complexity index is 650. The molecule has 0 aliphatic carbocycles. The molecule has 0 radical (unpaired) electrons. The molecule has 7 heteroatoms. The monoisotopic (exact) mass is 396 g/mol. The van der Waals surface area contributed by atoms with Crippen LogP contribution < -0.4 is 5.48 Å². The number of nitrogens with one attached hydrogen (secondary N) is 1. The summed E-state index contributed by atoms with van der Waals surface area (Å²) < 4.78 is 25.0. The normalized spacial score (nSPS) is 9.71. The van der Waals surface area contributed by atoms with Crippen molar-refractivity contribution in [3.05, 3.63) is 71.3 Å². The summed E-state index contributed by atoms with van der Waals surface area (Å²) in [7, 11) is 3.04. The van der Waals surface area contributed by atoms with Crippen molar-refractivity contribution in [1.82, 2.24) is 10.4 Å². The van der Waals surface area contributed by atoms with Gasteiger partial charge in [0.2, 0.25) is 5.91 Å². The lowest BCUT2D eigenvalue weighted by Crippen LogP contribution is -2.18. The van der Waals surface area contributed by atoms with E-state index in [0.29, 0.717) is 12.8 Å². The number of aryl methyl sites for hydroxylation is 1. The molecule has 0 aliphatic heterocycles. The smallest absolute Gasteiger partial charge is 0.243 e. The van der Waals surface area contributed by atoms with Crippen LogP contribution in [0.2, 0.25) is 0 Å². The Labute approximate surface area is 165 Å². The van der Waals surface area contributed by atoms with Crippen LogP contribution in [0, 0.1) is 11.6 Å². The Hall–Kier alpha value is -2.35. The summed E-state index contributed by atoms with van der Waals surface area (Å²) in [5.74, 6) is -0.827. The second-order valence-electron chi connectivity index (χ2n) is 5.97. The van der Waals surface area contributed by atoms with Crippen LogP contribution >= 0.6 is 0 Å². The molecule has 3 N–H and O–H groups in total. The van der Waals surface area contributed by atoms with Crippen molar-refractivity contribution < 1.29 is 23.9 Å². The molecular weight excluding hydrogens is 366 g/mol. The number of hydroxylamine groups is 1. The molecule has 0 unspecified atom stereocenters. The summed E-state index contributed by atoms with van der Waals surface area (Å²) in [5.41, 5.74) is 3.70. The van der Waals surface area contributed by atoms with Crippen molar-refractivity contribution in [3.8, 4) is 0 Å². The fourth-order valence-corrected chi connectivity index (χ4v) is 2.17. The fourth-order valence-electron chi connectivity index (χ4n) is 2.17. The molecule has 0 spiro atoms. The quantitative estimate of drug-likeness (QED) is 0.494. The van der Waals surface area contributed by atoms with Gasteiger partial charge < -0.3 is 10.0 Å². The van der Waals surface area contributed by atoms with Crippen molar-refractivity contribution in [2.45, 2.75) is 32.7 Å². The Morgan fingerprint density at radius 1 is 0.964 bits per heavy atom. The van der Waals surface area contributed by atoms with Crippen LogP contribution in [0.4, 0.5) is 8.78 Å². The molecule has 0 fully saturated rings. The summed E-state index contributed by atoms with van der Waals surface area (Å²) >= 11 is 0. The Kier molecular flexibility index (Phi) is 14.4. The SMILES string of the molecule is CCN(C)Cc1ccc(F)cc1.CO.O=C(CCCc1ccc(F)cc1)NO. The molecular formula is C21H30F2N2O3. The van der Waals surface area contributed by atoms with Gasteiger partial charge in [0.25, 0.3) is 0 Å². The first kappa shape index (κ1) is 25.6. The van der Waals surface area contributed by atoms with E-state index in [1.165, 1.54) is 24.3 Å². The van der Waals surface area contributed by atoms with E-state index in [1.54, 1.807) is 17.6 Å². The predicted molar refractivity (Wildman–Crippen MR) is 106 cm³/mol. The summed E-state index contributed by atoms with van der Waals surface area (Å²) in [6.07, 6.45) is 1.61. The number of hydrogen-bond acceptors (Lipinski definition) is 4. The number of carbonyl (C=O) groups excluding carboxylic acids is 1. The van der Waals surface area contributed by atoms with Crippen LogP contribution in [-0.2, 0) is 17.8 Å². The van der Waals surface area contributed by atoms with Gasteiger partial charge >= 0.3 is 0 Å². The number of halogens is 2. The van der Waals surface area contributed by atoms with Gasteiger partial charge in [-0.3, -0.25) is 10.0 Å². The first-order valence-corrected chi connectivity index (χ1v) is 8.99. The lowest BCUT2D eigenvalue weighted by molar-refractivity contribution is -0.129. The van der Waals surface area contributed by atoms with E-state index in [-0.39, 0.29) is 18.1 Å². The number of amides is 1. The first-order chi connectivity index (χ1) is 13.4. The van der Waals surface area contributed by atoms with E-state index >= 15 is 0 Å². The Balaban J connectivity index is 0.000000483. The van der Waals surface area contributed by atoms with Crippen LogP contribution in [-0.4, -0.2) is 41.8 Å². The average Bonchev–Trinajstić information content (AvgIpc) is 2.73. The fraction of sp³-hybridized carbons (Fsp3) is 0.381. The highest BCUT2D eigenvalue weighted by Gasteiger charge is 1.99. The van der Waals surface area contributed by atoms with Crippen LogP contribution in [0.5, 0.6) is 0 Å². The standard InChI is InChI=1S/C10H12FNO2.C10H14FN.CH4O/c11-9-6-4-8(5-7-9)2-1-3-10(13)12-14;1-3-12(2)8-9-4-6-10(11)7-5-9;1-2/h4-7,14H,1-3H2,(H,12,13);4-7H,3,8H2,1-2H3;2H,1H3. The molecule has 0 bridgehead atoms.